The highest BCUT2D eigenvalue weighted by atomic mass is 13.9. The van der Waals surface area contributed by atoms with Crippen LogP contribution >= 0.6 is 0 Å². The molecule has 40 valence electrons. The van der Waals surface area contributed by atoms with Crippen LogP contribution in [0.5, 0.6) is 0 Å². The maximum absolute atomic E-state index is 3.76. The predicted molar refractivity (Wildman–Crippen MR) is 34.0 cm³/mol. The van der Waals surface area contributed by atoms with Crippen molar-refractivity contribution in [3.63, 3.8) is 0 Å². The smallest absolute Gasteiger partial charge is 0.0842 e. The molecule has 0 aliphatic rings. The second-order valence-electron chi connectivity index (χ2n) is 1.55. The molecule has 0 aromatic carbocycles. The second-order valence-corrected chi connectivity index (χ2v) is 1.55. The highest BCUT2D eigenvalue weighted by molar-refractivity contribution is 4.99. The first-order chi connectivity index (χ1) is 3.35. The highest BCUT2D eigenvalue weighted by Gasteiger charge is 1.87. The molecule has 7 heavy (non-hydrogen) atoms. The monoisotopic (exact) mass is 97.1 g/mol. The fraction of sp³-hybridized carbons (Fsp3) is 0.571. The standard InChI is InChI=1S/C7H13/c1-4-7(5-2)6-3/h5H,1,4,6H2,2-3H3/q+1/b7-5+. The van der Waals surface area contributed by atoms with Gasteiger partial charge in [0.05, 0.1) is 6.92 Å². The molecule has 0 N–H and O–H groups in total. The van der Waals surface area contributed by atoms with Crippen LogP contribution in [0.3, 0.4) is 0 Å². The van der Waals surface area contributed by atoms with E-state index in [0.29, 0.717) is 0 Å². The average Bonchev–Trinajstić information content (AvgIpc) is 1.72. The Morgan fingerprint density at radius 3 is 2.29 bits per heavy atom. The van der Waals surface area contributed by atoms with Gasteiger partial charge in [-0.3, -0.25) is 0 Å². The molecule has 0 aromatic heterocycles. The molecule has 0 heterocycles. The maximum Gasteiger partial charge on any atom is 0.106 e. The van der Waals surface area contributed by atoms with Crippen molar-refractivity contribution in [2.24, 2.45) is 0 Å². The molecule has 0 radical (unpaired) electrons. The van der Waals surface area contributed by atoms with Gasteiger partial charge in [-0.15, -0.1) is 0 Å². The van der Waals surface area contributed by atoms with Gasteiger partial charge in [0.1, 0.15) is 6.42 Å². The van der Waals surface area contributed by atoms with Gasteiger partial charge in [0.25, 0.3) is 0 Å². The zero-order valence-electron chi connectivity index (χ0n) is 5.20. The van der Waals surface area contributed by atoms with Crippen LogP contribution in [0.1, 0.15) is 26.7 Å². The molecule has 0 rings (SSSR count). The maximum atomic E-state index is 3.76. The minimum absolute atomic E-state index is 0.965. The topological polar surface area (TPSA) is 0 Å². The van der Waals surface area contributed by atoms with E-state index < -0.39 is 0 Å². The summed E-state index contributed by atoms with van der Waals surface area (Å²) >= 11 is 0. The molecule has 0 unspecified atom stereocenters. The van der Waals surface area contributed by atoms with E-state index in [4.69, 9.17) is 0 Å². The fourth-order valence-corrected chi connectivity index (χ4v) is 0.525. The van der Waals surface area contributed by atoms with Crippen molar-refractivity contribution in [1.82, 2.24) is 0 Å². The summed E-state index contributed by atoms with van der Waals surface area (Å²) in [5.74, 6) is 0. The largest absolute Gasteiger partial charge is 0.106 e. The highest BCUT2D eigenvalue weighted by Crippen LogP contribution is 2.02. The lowest BCUT2D eigenvalue weighted by atomic mass is 10.1. The molecule has 0 amide bonds. The fourth-order valence-electron chi connectivity index (χ4n) is 0.525. The van der Waals surface area contributed by atoms with E-state index in [0.717, 1.165) is 12.8 Å². The van der Waals surface area contributed by atoms with Crippen molar-refractivity contribution in [3.05, 3.63) is 18.6 Å². The van der Waals surface area contributed by atoms with Crippen LogP contribution < -0.4 is 0 Å². The molecule has 0 saturated carbocycles. The van der Waals surface area contributed by atoms with Crippen LogP contribution in [-0.2, 0) is 0 Å². The normalized spacial score (nSPS) is 12.0. The Hall–Kier alpha value is -0.390. The summed E-state index contributed by atoms with van der Waals surface area (Å²) in [5, 5.41) is 0. The SMILES string of the molecule is [CH2+]C/C(=C\C)CC. The van der Waals surface area contributed by atoms with Crippen molar-refractivity contribution in [3.8, 4) is 0 Å². The molecule has 0 fully saturated rings. The molecule has 0 heteroatoms. The molecule has 0 spiro atoms. The summed E-state index contributed by atoms with van der Waals surface area (Å²) in [6.45, 7) is 7.97. The van der Waals surface area contributed by atoms with Crippen LogP contribution in [0.4, 0.5) is 0 Å². The molecule has 0 bridgehead atoms. The van der Waals surface area contributed by atoms with Crippen LogP contribution in [0, 0.1) is 6.92 Å². The minimum Gasteiger partial charge on any atom is -0.0842 e. The molecule has 0 atom stereocenters. The molecule has 0 aliphatic heterocycles. The van der Waals surface area contributed by atoms with Crippen molar-refractivity contribution < 1.29 is 0 Å². The zero-order chi connectivity index (χ0) is 5.70. The Balaban J connectivity index is 3.38. The lowest BCUT2D eigenvalue weighted by molar-refractivity contribution is 1.02. The Morgan fingerprint density at radius 2 is 2.29 bits per heavy atom. The molecule has 0 aromatic rings. The van der Waals surface area contributed by atoms with E-state index in [9.17, 15) is 0 Å². The Morgan fingerprint density at radius 1 is 1.71 bits per heavy atom. The lowest BCUT2D eigenvalue weighted by Crippen LogP contribution is -1.72. The molecule has 0 nitrogen and oxygen atoms in total. The predicted octanol–water partition coefficient (Wildman–Crippen LogP) is 2.57. The van der Waals surface area contributed by atoms with Crippen LogP contribution in [0.2, 0.25) is 0 Å². The Bertz CT molecular complexity index is 54.4. The van der Waals surface area contributed by atoms with Gasteiger partial charge < -0.3 is 0 Å². The quantitative estimate of drug-likeness (QED) is 0.367. The van der Waals surface area contributed by atoms with E-state index in [-0.39, 0.29) is 0 Å². The van der Waals surface area contributed by atoms with Crippen LogP contribution in [0.15, 0.2) is 11.6 Å². The molecule has 0 aliphatic carbocycles. The van der Waals surface area contributed by atoms with Gasteiger partial charge in [-0.2, -0.15) is 0 Å². The van der Waals surface area contributed by atoms with Crippen molar-refractivity contribution in [2.75, 3.05) is 0 Å². The minimum atomic E-state index is 0.965. The van der Waals surface area contributed by atoms with Crippen molar-refractivity contribution in [1.29, 1.82) is 0 Å². The number of hydrogen-bond donors (Lipinski definition) is 0. The summed E-state index contributed by atoms with van der Waals surface area (Å²) < 4.78 is 0. The Labute approximate surface area is 46.2 Å². The summed E-state index contributed by atoms with van der Waals surface area (Å²) in [6.07, 6.45) is 4.25. The van der Waals surface area contributed by atoms with E-state index in [1.54, 1.807) is 0 Å². The van der Waals surface area contributed by atoms with E-state index >= 15 is 0 Å². The van der Waals surface area contributed by atoms with Gasteiger partial charge >= 0.3 is 0 Å². The summed E-state index contributed by atoms with van der Waals surface area (Å²) in [7, 11) is 0. The Kier molecular flexibility index (Phi) is 3.58. The van der Waals surface area contributed by atoms with E-state index in [1.165, 1.54) is 5.57 Å². The van der Waals surface area contributed by atoms with E-state index in [1.807, 2.05) is 0 Å². The van der Waals surface area contributed by atoms with Gasteiger partial charge in [0, 0.05) is 0 Å². The second kappa shape index (κ2) is 3.79. The summed E-state index contributed by atoms with van der Waals surface area (Å²) in [6, 6.07) is 0. The van der Waals surface area contributed by atoms with Gasteiger partial charge in [0.15, 0.2) is 0 Å². The van der Waals surface area contributed by atoms with Gasteiger partial charge in [-0.05, 0) is 18.9 Å². The van der Waals surface area contributed by atoms with Gasteiger partial charge in [-0.1, -0.05) is 13.0 Å². The molecular weight excluding hydrogens is 84.1 g/mol. The van der Waals surface area contributed by atoms with Gasteiger partial charge in [-0.25, -0.2) is 0 Å². The van der Waals surface area contributed by atoms with E-state index in [2.05, 4.69) is 26.8 Å². The first kappa shape index (κ1) is 6.61. The first-order valence-electron chi connectivity index (χ1n) is 2.78. The average molecular weight is 97.2 g/mol. The van der Waals surface area contributed by atoms with Crippen LogP contribution in [0.25, 0.3) is 0 Å². The molecule has 0 saturated heterocycles. The first-order valence-corrected chi connectivity index (χ1v) is 2.78. The number of hydrogen-bond acceptors (Lipinski definition) is 0. The van der Waals surface area contributed by atoms with Crippen molar-refractivity contribution >= 4 is 0 Å². The summed E-state index contributed by atoms with van der Waals surface area (Å²) in [5.41, 5.74) is 1.44. The van der Waals surface area contributed by atoms with Gasteiger partial charge in [0.2, 0.25) is 0 Å². The van der Waals surface area contributed by atoms with Crippen molar-refractivity contribution in [2.45, 2.75) is 26.7 Å². The lowest BCUT2D eigenvalue weighted by Gasteiger charge is -1.88. The number of rotatable bonds is 2. The number of allylic oxidation sites excluding steroid dienone is 2. The molecular formula is C7H13+. The third kappa shape index (κ3) is 2.32. The van der Waals surface area contributed by atoms with Crippen LogP contribution in [-0.4, -0.2) is 0 Å². The zero-order valence-corrected chi connectivity index (χ0v) is 5.20. The third-order valence-corrected chi connectivity index (χ3v) is 1.18. The third-order valence-electron chi connectivity index (χ3n) is 1.18. The summed E-state index contributed by atoms with van der Waals surface area (Å²) in [4.78, 5) is 0.